The summed E-state index contributed by atoms with van der Waals surface area (Å²) in [5.41, 5.74) is 2.20. The molecule has 1 aliphatic heterocycles. The first-order valence-electron chi connectivity index (χ1n) is 8.53. The third kappa shape index (κ3) is 3.44. The summed E-state index contributed by atoms with van der Waals surface area (Å²) in [4.78, 5) is 24.2. The molecule has 142 valence electrons. The number of aliphatic imine (C=N–C) groups is 1. The van der Waals surface area contributed by atoms with E-state index in [1.807, 2.05) is 30.3 Å². The lowest BCUT2D eigenvalue weighted by atomic mass is 10.1. The Hall–Kier alpha value is -3.68. The minimum Gasteiger partial charge on any atom is -0.493 e. The van der Waals surface area contributed by atoms with Crippen LogP contribution in [-0.4, -0.2) is 49.2 Å². The number of rotatable bonds is 6. The lowest BCUT2D eigenvalue weighted by Gasteiger charge is -2.12. The number of fused-ring (bicyclic) bond motifs is 1. The van der Waals surface area contributed by atoms with Crippen LogP contribution >= 0.6 is 0 Å². The summed E-state index contributed by atoms with van der Waals surface area (Å²) >= 11 is 0. The van der Waals surface area contributed by atoms with Gasteiger partial charge in [-0.3, -0.25) is 4.98 Å². The van der Waals surface area contributed by atoms with Gasteiger partial charge in [0, 0.05) is 11.8 Å². The topological polar surface area (TPSA) is 92.1 Å². The highest BCUT2D eigenvalue weighted by molar-refractivity contribution is 5.96. The molecule has 0 aliphatic carbocycles. The van der Waals surface area contributed by atoms with Gasteiger partial charge in [-0.15, -0.1) is 0 Å². The number of carbonyl (C=O) groups is 1. The molecule has 2 aromatic heterocycles. The van der Waals surface area contributed by atoms with Gasteiger partial charge in [-0.1, -0.05) is 0 Å². The van der Waals surface area contributed by atoms with E-state index in [4.69, 9.17) is 18.9 Å². The van der Waals surface area contributed by atoms with Crippen molar-refractivity contribution in [1.82, 2.24) is 9.97 Å². The normalized spacial score (nSPS) is 13.2. The monoisotopic (exact) mass is 379 g/mol. The molecule has 0 spiro atoms. The van der Waals surface area contributed by atoms with Crippen molar-refractivity contribution in [3.8, 4) is 28.6 Å². The Balaban J connectivity index is 1.72. The Bertz CT molecular complexity index is 1080. The molecule has 0 atom stereocenters. The second-order valence-electron chi connectivity index (χ2n) is 5.93. The predicted molar refractivity (Wildman–Crippen MR) is 102 cm³/mol. The van der Waals surface area contributed by atoms with Crippen LogP contribution in [0.1, 0.15) is 0 Å². The molecule has 0 amide bonds. The number of cyclic esters (lactones) is 1. The molecule has 1 aliphatic rings. The third-order valence-corrected chi connectivity index (χ3v) is 4.19. The van der Waals surface area contributed by atoms with Gasteiger partial charge in [0.25, 0.3) is 0 Å². The van der Waals surface area contributed by atoms with E-state index in [1.165, 1.54) is 0 Å². The highest BCUT2D eigenvalue weighted by Crippen LogP contribution is 2.34. The van der Waals surface area contributed by atoms with Crippen LogP contribution in [0.3, 0.4) is 0 Å². The van der Waals surface area contributed by atoms with Crippen LogP contribution in [0.15, 0.2) is 47.6 Å². The maximum Gasteiger partial charge on any atom is 0.334 e. The van der Waals surface area contributed by atoms with E-state index >= 15 is 0 Å². The average molecular weight is 379 g/mol. The zero-order valence-corrected chi connectivity index (χ0v) is 15.3. The van der Waals surface area contributed by atoms with Crippen molar-refractivity contribution in [3.63, 3.8) is 0 Å². The molecule has 0 bridgehead atoms. The van der Waals surface area contributed by atoms with Crippen LogP contribution in [0, 0.1) is 0 Å². The lowest BCUT2D eigenvalue weighted by molar-refractivity contribution is -0.132. The zero-order valence-electron chi connectivity index (χ0n) is 15.3. The van der Waals surface area contributed by atoms with Gasteiger partial charge in [0.15, 0.2) is 18.1 Å². The quantitative estimate of drug-likeness (QED) is 0.608. The molecule has 0 radical (unpaired) electrons. The van der Waals surface area contributed by atoms with Gasteiger partial charge in [0.1, 0.15) is 6.54 Å². The molecule has 0 fully saturated rings. The highest BCUT2D eigenvalue weighted by atomic mass is 16.6. The van der Waals surface area contributed by atoms with Gasteiger partial charge in [-0.05, 0) is 36.4 Å². The van der Waals surface area contributed by atoms with Crippen molar-refractivity contribution in [1.29, 1.82) is 0 Å². The molecule has 28 heavy (non-hydrogen) atoms. The fourth-order valence-corrected chi connectivity index (χ4v) is 2.85. The van der Waals surface area contributed by atoms with E-state index in [1.54, 1.807) is 26.5 Å². The largest absolute Gasteiger partial charge is 0.493 e. The minimum absolute atomic E-state index is 0.0120. The second kappa shape index (κ2) is 7.51. The number of pyridine rings is 2. The van der Waals surface area contributed by atoms with Crippen molar-refractivity contribution in [2.45, 2.75) is 0 Å². The Morgan fingerprint density at radius 3 is 2.71 bits per heavy atom. The zero-order chi connectivity index (χ0) is 19.5. The van der Waals surface area contributed by atoms with Crippen molar-refractivity contribution in [3.05, 3.63) is 42.6 Å². The van der Waals surface area contributed by atoms with Crippen molar-refractivity contribution in [2.75, 3.05) is 27.4 Å². The second-order valence-corrected chi connectivity index (χ2v) is 5.93. The van der Waals surface area contributed by atoms with Crippen LogP contribution in [-0.2, 0) is 9.53 Å². The smallest absolute Gasteiger partial charge is 0.334 e. The summed E-state index contributed by atoms with van der Waals surface area (Å²) in [6.45, 7) is 0.0260. The van der Waals surface area contributed by atoms with E-state index in [0.29, 0.717) is 23.1 Å². The summed E-state index contributed by atoms with van der Waals surface area (Å²) in [5, 5.41) is 0.747. The summed E-state index contributed by atoms with van der Waals surface area (Å²) in [5.74, 6) is 1.44. The Labute approximate surface area is 160 Å². The first kappa shape index (κ1) is 17.7. The number of methoxy groups -OCH3 is 2. The first-order chi connectivity index (χ1) is 13.7. The van der Waals surface area contributed by atoms with Crippen LogP contribution in [0.4, 0.5) is 0 Å². The summed E-state index contributed by atoms with van der Waals surface area (Å²) in [6.07, 6.45) is 1.70. The van der Waals surface area contributed by atoms with Gasteiger partial charge >= 0.3 is 5.97 Å². The van der Waals surface area contributed by atoms with E-state index in [-0.39, 0.29) is 19.0 Å². The lowest BCUT2D eigenvalue weighted by Crippen LogP contribution is -2.14. The Kier molecular flexibility index (Phi) is 4.76. The first-order valence-corrected chi connectivity index (χ1v) is 8.53. The number of hydrogen-bond donors (Lipinski definition) is 0. The number of nitrogens with zero attached hydrogens (tertiary/aromatic N) is 3. The Morgan fingerprint density at radius 1 is 1.11 bits per heavy atom. The molecular weight excluding hydrogens is 362 g/mol. The highest BCUT2D eigenvalue weighted by Gasteiger charge is 2.18. The molecule has 3 heterocycles. The number of hydrogen-bond acceptors (Lipinski definition) is 8. The fourth-order valence-electron chi connectivity index (χ4n) is 2.85. The maximum atomic E-state index is 11.2. The van der Waals surface area contributed by atoms with Crippen molar-refractivity contribution >= 4 is 22.8 Å². The molecule has 1 aromatic carbocycles. The standard InChI is InChI=1S/C20H17N3O5/c1-25-16-6-5-12(8-17(16)26-2)14-9-15-13(4-3-7-21-15)20(23-14)27-11-18-22-10-19(24)28-18/h3-9H,10-11H2,1-2H3. The van der Waals surface area contributed by atoms with E-state index in [0.717, 1.165) is 16.5 Å². The molecule has 3 aromatic rings. The van der Waals surface area contributed by atoms with Crippen LogP contribution in [0.2, 0.25) is 0 Å². The van der Waals surface area contributed by atoms with Crippen LogP contribution in [0.25, 0.3) is 22.2 Å². The van der Waals surface area contributed by atoms with E-state index in [9.17, 15) is 4.79 Å². The molecule has 4 rings (SSSR count). The third-order valence-electron chi connectivity index (χ3n) is 4.19. The summed E-state index contributed by atoms with van der Waals surface area (Å²) < 4.78 is 21.4. The predicted octanol–water partition coefficient (Wildman–Crippen LogP) is 2.65. The van der Waals surface area contributed by atoms with Crippen LogP contribution in [0.5, 0.6) is 17.4 Å². The molecule has 0 unspecified atom stereocenters. The number of benzene rings is 1. The summed E-state index contributed by atoms with van der Waals surface area (Å²) in [7, 11) is 3.16. The van der Waals surface area contributed by atoms with Crippen LogP contribution < -0.4 is 14.2 Å². The van der Waals surface area contributed by atoms with Gasteiger partial charge in [-0.25, -0.2) is 14.8 Å². The molecule has 0 saturated heterocycles. The molecule has 0 N–H and O–H groups in total. The van der Waals surface area contributed by atoms with Gasteiger partial charge < -0.3 is 18.9 Å². The molecule has 8 nitrogen and oxygen atoms in total. The number of ether oxygens (including phenoxy) is 4. The minimum atomic E-state index is -0.392. The maximum absolute atomic E-state index is 11.2. The van der Waals surface area contributed by atoms with Gasteiger partial charge in [-0.2, -0.15) is 0 Å². The molecular formula is C20H17N3O5. The van der Waals surface area contributed by atoms with Gasteiger partial charge in [0.2, 0.25) is 11.8 Å². The summed E-state index contributed by atoms with van der Waals surface area (Å²) in [6, 6.07) is 11.1. The number of carbonyl (C=O) groups excluding carboxylic acids is 1. The Morgan fingerprint density at radius 2 is 1.96 bits per heavy atom. The van der Waals surface area contributed by atoms with E-state index < -0.39 is 5.97 Å². The van der Waals surface area contributed by atoms with E-state index in [2.05, 4.69) is 15.0 Å². The molecule has 0 saturated carbocycles. The SMILES string of the molecule is COc1ccc(-c2cc3ncccc3c(OCC3=NCC(=O)O3)n2)cc1OC. The number of esters is 1. The van der Waals surface area contributed by atoms with Crippen molar-refractivity contribution in [2.24, 2.45) is 4.99 Å². The van der Waals surface area contributed by atoms with Gasteiger partial charge in [0.05, 0.1) is 30.8 Å². The van der Waals surface area contributed by atoms with Crippen molar-refractivity contribution < 1.29 is 23.7 Å². The molecule has 8 heteroatoms. The fraction of sp³-hybridized carbons (Fsp3) is 0.200. The number of aromatic nitrogens is 2. The average Bonchev–Trinajstić information content (AvgIpc) is 3.16.